The summed E-state index contributed by atoms with van der Waals surface area (Å²) < 4.78 is 0. The van der Waals surface area contributed by atoms with Gasteiger partial charge in [-0.05, 0) is 61.7 Å². The largest absolute Gasteiger partial charge is 0.369 e. The molecule has 0 atom stereocenters. The minimum atomic E-state index is 0. The summed E-state index contributed by atoms with van der Waals surface area (Å²) in [4.78, 5) is 9.51. The first kappa shape index (κ1) is 29.4. The molecule has 3 aromatic rings. The van der Waals surface area contributed by atoms with Crippen molar-refractivity contribution < 1.29 is 0 Å². The van der Waals surface area contributed by atoms with Crippen LogP contribution in [0.2, 0.25) is 5.02 Å². The predicted molar refractivity (Wildman–Crippen MR) is 142 cm³/mol. The SMILES string of the molecule is Cc1cccc2c(NCCCCCCN)nc(/C=C/c3ccc(Cl)cc3)nc12.Cl.Cl.Cl. The summed E-state index contributed by atoms with van der Waals surface area (Å²) in [5.41, 5.74) is 8.75. The Labute approximate surface area is 208 Å². The molecule has 31 heavy (non-hydrogen) atoms. The first-order valence-electron chi connectivity index (χ1n) is 9.82. The Balaban J connectivity index is 0.00000300. The summed E-state index contributed by atoms with van der Waals surface area (Å²) in [5.74, 6) is 1.59. The molecule has 3 N–H and O–H groups in total. The van der Waals surface area contributed by atoms with Crippen molar-refractivity contribution in [2.75, 3.05) is 18.4 Å². The lowest BCUT2D eigenvalue weighted by molar-refractivity contribution is 0.661. The number of nitrogens with zero attached hydrogens (tertiary/aromatic N) is 2. The number of rotatable bonds is 9. The van der Waals surface area contributed by atoms with Crippen LogP contribution in [0, 0.1) is 6.92 Å². The minimum absolute atomic E-state index is 0. The highest BCUT2D eigenvalue weighted by atomic mass is 35.5. The van der Waals surface area contributed by atoms with Crippen molar-refractivity contribution in [2.24, 2.45) is 5.73 Å². The van der Waals surface area contributed by atoms with Gasteiger partial charge in [0.25, 0.3) is 0 Å². The molecule has 0 amide bonds. The maximum atomic E-state index is 5.96. The van der Waals surface area contributed by atoms with E-state index in [4.69, 9.17) is 27.3 Å². The average molecular weight is 504 g/mol. The lowest BCUT2D eigenvalue weighted by Crippen LogP contribution is -2.06. The van der Waals surface area contributed by atoms with Crippen LogP contribution in [0.5, 0.6) is 0 Å². The van der Waals surface area contributed by atoms with Gasteiger partial charge in [0, 0.05) is 17.0 Å². The third-order valence-corrected chi connectivity index (χ3v) is 4.92. The number of para-hydroxylation sites is 1. The summed E-state index contributed by atoms with van der Waals surface area (Å²) >= 11 is 5.96. The van der Waals surface area contributed by atoms with Gasteiger partial charge in [-0.3, -0.25) is 0 Å². The molecule has 0 aliphatic rings. The average Bonchev–Trinajstić information content (AvgIpc) is 2.71. The van der Waals surface area contributed by atoms with Gasteiger partial charge in [0.2, 0.25) is 0 Å². The lowest BCUT2D eigenvalue weighted by atomic mass is 10.1. The van der Waals surface area contributed by atoms with Crippen LogP contribution in [-0.4, -0.2) is 23.1 Å². The molecule has 0 radical (unpaired) electrons. The molecule has 3 rings (SSSR count). The fraction of sp³-hybridized carbons (Fsp3) is 0.304. The first-order valence-corrected chi connectivity index (χ1v) is 10.2. The quantitative estimate of drug-likeness (QED) is 0.310. The van der Waals surface area contributed by atoms with Gasteiger partial charge in [-0.15, -0.1) is 37.2 Å². The molecular formula is C23H30Cl4N4. The van der Waals surface area contributed by atoms with Gasteiger partial charge in [0.1, 0.15) is 5.82 Å². The van der Waals surface area contributed by atoms with Crippen molar-refractivity contribution in [1.82, 2.24) is 9.97 Å². The van der Waals surface area contributed by atoms with E-state index in [0.29, 0.717) is 5.82 Å². The monoisotopic (exact) mass is 502 g/mol. The Morgan fingerprint density at radius 2 is 1.61 bits per heavy atom. The number of aromatic nitrogens is 2. The van der Waals surface area contributed by atoms with Gasteiger partial charge >= 0.3 is 0 Å². The number of unbranched alkanes of at least 4 members (excludes halogenated alkanes) is 3. The van der Waals surface area contributed by atoms with Crippen LogP contribution in [0.15, 0.2) is 42.5 Å². The molecule has 4 nitrogen and oxygen atoms in total. The van der Waals surface area contributed by atoms with Gasteiger partial charge in [-0.1, -0.05) is 54.8 Å². The number of hydrogen-bond donors (Lipinski definition) is 2. The van der Waals surface area contributed by atoms with Gasteiger partial charge in [-0.2, -0.15) is 0 Å². The molecule has 170 valence electrons. The van der Waals surface area contributed by atoms with Crippen LogP contribution in [-0.2, 0) is 0 Å². The molecule has 1 heterocycles. The molecule has 2 aromatic carbocycles. The summed E-state index contributed by atoms with van der Waals surface area (Å²) in [6.07, 6.45) is 8.50. The first-order chi connectivity index (χ1) is 13.7. The number of nitrogens with one attached hydrogen (secondary N) is 1. The van der Waals surface area contributed by atoms with Crippen molar-refractivity contribution in [1.29, 1.82) is 0 Å². The van der Waals surface area contributed by atoms with Crippen molar-refractivity contribution in [3.8, 4) is 0 Å². The van der Waals surface area contributed by atoms with Crippen LogP contribution in [0.25, 0.3) is 23.1 Å². The zero-order valence-corrected chi connectivity index (χ0v) is 20.7. The van der Waals surface area contributed by atoms with E-state index in [1.54, 1.807) is 0 Å². The van der Waals surface area contributed by atoms with E-state index in [2.05, 4.69) is 30.4 Å². The zero-order valence-electron chi connectivity index (χ0n) is 17.5. The van der Waals surface area contributed by atoms with E-state index >= 15 is 0 Å². The number of halogens is 4. The highest BCUT2D eigenvalue weighted by molar-refractivity contribution is 6.30. The Morgan fingerprint density at radius 1 is 0.903 bits per heavy atom. The third-order valence-electron chi connectivity index (χ3n) is 4.66. The highest BCUT2D eigenvalue weighted by Gasteiger charge is 2.08. The fourth-order valence-electron chi connectivity index (χ4n) is 3.10. The molecule has 0 bridgehead atoms. The lowest BCUT2D eigenvalue weighted by Gasteiger charge is -2.11. The van der Waals surface area contributed by atoms with Crippen LogP contribution < -0.4 is 11.1 Å². The smallest absolute Gasteiger partial charge is 0.154 e. The molecule has 0 fully saturated rings. The molecule has 1 aromatic heterocycles. The standard InChI is InChI=1S/C23H27ClN4.3ClH/c1-17-7-6-8-20-22(17)27-21(14-11-18-9-12-19(24)13-10-18)28-23(20)26-16-5-3-2-4-15-25;;;/h6-14H,2-5,15-16,25H2,1H3,(H,26,27,28);3*1H/b14-11+;;;. The van der Waals surface area contributed by atoms with E-state index in [9.17, 15) is 0 Å². The molecule has 0 unspecified atom stereocenters. The van der Waals surface area contributed by atoms with E-state index in [0.717, 1.165) is 58.8 Å². The number of nitrogens with two attached hydrogens (primary N) is 1. The molecular weight excluding hydrogens is 474 g/mol. The van der Waals surface area contributed by atoms with Crippen LogP contribution >= 0.6 is 48.8 Å². The van der Waals surface area contributed by atoms with Crippen LogP contribution in [0.4, 0.5) is 5.82 Å². The van der Waals surface area contributed by atoms with E-state index < -0.39 is 0 Å². The molecule has 0 aliphatic heterocycles. The molecule has 0 saturated carbocycles. The molecule has 0 saturated heterocycles. The summed E-state index contributed by atoms with van der Waals surface area (Å²) in [5, 5.41) is 5.29. The van der Waals surface area contributed by atoms with Gasteiger partial charge in [-0.25, -0.2) is 9.97 Å². The normalized spacial score (nSPS) is 10.3. The number of aryl methyl sites for hydroxylation is 1. The summed E-state index contributed by atoms with van der Waals surface area (Å²) in [7, 11) is 0. The van der Waals surface area contributed by atoms with Gasteiger partial charge in [0.15, 0.2) is 5.82 Å². The van der Waals surface area contributed by atoms with E-state index in [1.807, 2.05) is 36.4 Å². The van der Waals surface area contributed by atoms with Crippen molar-refractivity contribution in [3.05, 3.63) is 64.4 Å². The number of hydrogen-bond acceptors (Lipinski definition) is 4. The second-order valence-corrected chi connectivity index (χ2v) is 7.35. The maximum absolute atomic E-state index is 5.96. The van der Waals surface area contributed by atoms with Crippen LogP contribution in [0.3, 0.4) is 0 Å². The van der Waals surface area contributed by atoms with E-state index in [-0.39, 0.29) is 37.2 Å². The second-order valence-electron chi connectivity index (χ2n) is 6.92. The molecule has 0 spiro atoms. The number of anilines is 1. The van der Waals surface area contributed by atoms with Crippen LogP contribution in [0.1, 0.15) is 42.6 Å². The summed E-state index contributed by atoms with van der Waals surface area (Å²) in [6.45, 7) is 3.75. The number of benzene rings is 2. The van der Waals surface area contributed by atoms with E-state index in [1.165, 1.54) is 12.8 Å². The Hall–Kier alpha value is -1.56. The topological polar surface area (TPSA) is 63.8 Å². The predicted octanol–water partition coefficient (Wildman–Crippen LogP) is 6.96. The molecule has 0 aliphatic carbocycles. The van der Waals surface area contributed by atoms with Gasteiger partial charge in [0.05, 0.1) is 5.52 Å². The van der Waals surface area contributed by atoms with Crippen molar-refractivity contribution in [3.63, 3.8) is 0 Å². The highest BCUT2D eigenvalue weighted by Crippen LogP contribution is 2.24. The van der Waals surface area contributed by atoms with Gasteiger partial charge < -0.3 is 11.1 Å². The summed E-state index contributed by atoms with van der Waals surface area (Å²) in [6, 6.07) is 13.9. The molecule has 8 heteroatoms. The Kier molecular flexibility index (Phi) is 14.5. The van der Waals surface area contributed by atoms with Crippen molar-refractivity contribution >= 4 is 77.7 Å². The Bertz CT molecular complexity index is 946. The number of fused-ring (bicyclic) bond motifs is 1. The third kappa shape index (κ3) is 8.83. The minimum Gasteiger partial charge on any atom is -0.369 e. The van der Waals surface area contributed by atoms with Crippen molar-refractivity contribution in [2.45, 2.75) is 32.6 Å². The Morgan fingerprint density at radius 3 is 2.32 bits per heavy atom. The second kappa shape index (κ2) is 15.3. The fourth-order valence-corrected chi connectivity index (χ4v) is 3.22. The zero-order chi connectivity index (χ0) is 19.8. The maximum Gasteiger partial charge on any atom is 0.154 e.